The Morgan fingerprint density at radius 1 is 1.35 bits per heavy atom. The lowest BCUT2D eigenvalue weighted by molar-refractivity contribution is -0.144. The molecule has 37 heavy (non-hydrogen) atoms. The summed E-state index contributed by atoms with van der Waals surface area (Å²) in [5.74, 6) is -0.282. The van der Waals surface area contributed by atoms with E-state index in [1.807, 2.05) is 22.6 Å². The van der Waals surface area contributed by atoms with E-state index in [9.17, 15) is 19.5 Å². The third-order valence-electron chi connectivity index (χ3n) is 6.46. The summed E-state index contributed by atoms with van der Waals surface area (Å²) in [7, 11) is 1.45. The molecule has 1 aliphatic heterocycles. The molecule has 1 aromatic rings. The van der Waals surface area contributed by atoms with Crippen LogP contribution in [0.5, 0.6) is 11.5 Å². The number of carbonyl (C=O) groups excluding carboxylic acids is 3. The topological polar surface area (TPSA) is 135 Å². The van der Waals surface area contributed by atoms with Gasteiger partial charge < -0.3 is 34.6 Å². The van der Waals surface area contributed by atoms with Gasteiger partial charge in [0, 0.05) is 43.2 Å². The molecular weight excluding hydrogens is 595 g/mol. The molecule has 1 saturated heterocycles. The van der Waals surface area contributed by atoms with Crippen molar-refractivity contribution in [2.45, 2.75) is 57.5 Å². The zero-order valence-electron chi connectivity index (χ0n) is 21.3. The Bertz CT molecular complexity index is 1010. The molecule has 0 bridgehead atoms. The highest BCUT2D eigenvalue weighted by Gasteiger charge is 2.42. The van der Waals surface area contributed by atoms with Gasteiger partial charge in [-0.15, -0.1) is 0 Å². The maximum absolute atomic E-state index is 13.3. The quantitative estimate of drug-likeness (QED) is 0.249. The Labute approximate surface area is 230 Å². The fourth-order valence-corrected chi connectivity index (χ4v) is 5.32. The van der Waals surface area contributed by atoms with Gasteiger partial charge in [-0.1, -0.05) is 13.8 Å². The summed E-state index contributed by atoms with van der Waals surface area (Å²) in [5, 5.41) is 23.3. The molecule has 0 unspecified atom stereocenters. The number of aliphatic hydroxyl groups excluding tert-OH is 2. The number of ether oxygens (including phenoxy) is 3. The molecule has 0 aromatic heterocycles. The van der Waals surface area contributed by atoms with Crippen LogP contribution in [0.3, 0.4) is 0 Å². The van der Waals surface area contributed by atoms with E-state index in [2.05, 4.69) is 5.32 Å². The fourth-order valence-electron chi connectivity index (χ4n) is 4.57. The molecule has 1 aliphatic carbocycles. The molecule has 0 spiro atoms. The average Bonchev–Trinajstić information content (AvgIpc) is 3.40. The van der Waals surface area contributed by atoms with Crippen LogP contribution in [0.1, 0.15) is 43.5 Å². The molecule has 2 amide bonds. The van der Waals surface area contributed by atoms with Gasteiger partial charge in [-0.05, 0) is 53.6 Å². The normalized spacial score (nSPS) is 23.4. The molecule has 3 rings (SSSR count). The van der Waals surface area contributed by atoms with E-state index in [1.54, 1.807) is 30.9 Å². The Balaban J connectivity index is 2.00. The van der Waals surface area contributed by atoms with Crippen molar-refractivity contribution in [1.29, 1.82) is 0 Å². The lowest BCUT2D eigenvalue weighted by atomic mass is 9.87. The number of aldehydes is 1. The summed E-state index contributed by atoms with van der Waals surface area (Å²) >= 11 is 2.01. The van der Waals surface area contributed by atoms with E-state index in [0.717, 1.165) is 12.8 Å². The largest absolute Gasteiger partial charge is 0.493 e. The monoisotopic (exact) mass is 630 g/mol. The molecule has 3 N–H and O–H groups in total. The van der Waals surface area contributed by atoms with E-state index < -0.39 is 24.2 Å². The summed E-state index contributed by atoms with van der Waals surface area (Å²) in [6, 6.07) is 2.41. The van der Waals surface area contributed by atoms with Crippen LogP contribution in [0.4, 0.5) is 0 Å². The van der Waals surface area contributed by atoms with Gasteiger partial charge in [0.05, 0.1) is 29.4 Å². The van der Waals surface area contributed by atoms with Crippen molar-refractivity contribution in [2.24, 2.45) is 5.92 Å². The van der Waals surface area contributed by atoms with Crippen LogP contribution in [-0.4, -0.2) is 91.0 Å². The van der Waals surface area contributed by atoms with E-state index in [0.29, 0.717) is 45.6 Å². The van der Waals surface area contributed by atoms with Gasteiger partial charge in [-0.2, -0.15) is 0 Å². The molecule has 4 atom stereocenters. The first-order valence-corrected chi connectivity index (χ1v) is 13.5. The number of carbonyl (C=O) groups is 3. The molecule has 204 valence electrons. The predicted molar refractivity (Wildman–Crippen MR) is 144 cm³/mol. The molecule has 11 heteroatoms. The van der Waals surface area contributed by atoms with Crippen LogP contribution < -0.4 is 14.8 Å². The molecule has 0 saturated carbocycles. The maximum Gasteiger partial charge on any atom is 0.247 e. The van der Waals surface area contributed by atoms with Gasteiger partial charge in [0.2, 0.25) is 11.8 Å². The van der Waals surface area contributed by atoms with Gasteiger partial charge in [-0.3, -0.25) is 14.4 Å². The van der Waals surface area contributed by atoms with Gasteiger partial charge in [0.25, 0.3) is 0 Å². The summed E-state index contributed by atoms with van der Waals surface area (Å²) in [4.78, 5) is 39.2. The molecule has 0 radical (unpaired) electrons. The van der Waals surface area contributed by atoms with Crippen LogP contribution in [0.15, 0.2) is 23.8 Å². The minimum Gasteiger partial charge on any atom is -0.493 e. The van der Waals surface area contributed by atoms with Gasteiger partial charge in [0.1, 0.15) is 18.5 Å². The first-order valence-electron chi connectivity index (χ1n) is 12.4. The van der Waals surface area contributed by atoms with Crippen molar-refractivity contribution in [2.75, 3.05) is 33.4 Å². The zero-order chi connectivity index (χ0) is 27.1. The number of nitrogens with one attached hydrogen (secondary N) is 1. The van der Waals surface area contributed by atoms with Crippen molar-refractivity contribution >= 4 is 40.7 Å². The fraction of sp³-hybridized carbons (Fsp3) is 0.577. The Kier molecular flexibility index (Phi) is 10.7. The van der Waals surface area contributed by atoms with Crippen LogP contribution in [0.2, 0.25) is 0 Å². The summed E-state index contributed by atoms with van der Waals surface area (Å²) in [6.45, 7) is 4.35. The van der Waals surface area contributed by atoms with Gasteiger partial charge >= 0.3 is 0 Å². The number of rotatable bonds is 11. The highest BCUT2D eigenvalue weighted by Crippen LogP contribution is 2.37. The van der Waals surface area contributed by atoms with E-state index >= 15 is 0 Å². The Morgan fingerprint density at radius 2 is 2.11 bits per heavy atom. The lowest BCUT2D eigenvalue weighted by Crippen LogP contribution is -2.57. The Hall–Kier alpha value is -2.22. The average molecular weight is 630 g/mol. The number of aliphatic hydroxyl groups is 2. The number of hydrogen-bond donors (Lipinski definition) is 3. The second kappa shape index (κ2) is 13.5. The Morgan fingerprint density at radius 3 is 2.70 bits per heavy atom. The number of hydrogen-bond acceptors (Lipinski definition) is 8. The van der Waals surface area contributed by atoms with Crippen molar-refractivity contribution in [1.82, 2.24) is 10.2 Å². The van der Waals surface area contributed by atoms with E-state index in [-0.39, 0.29) is 37.5 Å². The second-order valence-electron chi connectivity index (χ2n) is 9.45. The molecule has 1 aromatic carbocycles. The molecule has 1 heterocycles. The SMILES string of the molecule is COc1cc(C=O)cc(I)c1O[C@H]1C=C(C(=O)NCCO)C[C@@H](N(C[C@H]2CCCO2)C(=O)C(C)C)[C@@H]1O. The van der Waals surface area contributed by atoms with Crippen molar-refractivity contribution in [3.05, 3.63) is 32.9 Å². The second-order valence-corrected chi connectivity index (χ2v) is 10.6. The number of amides is 2. The number of halogens is 1. The highest BCUT2D eigenvalue weighted by atomic mass is 127. The van der Waals surface area contributed by atoms with Crippen LogP contribution in [-0.2, 0) is 14.3 Å². The van der Waals surface area contributed by atoms with Crippen LogP contribution >= 0.6 is 22.6 Å². The third-order valence-corrected chi connectivity index (χ3v) is 7.26. The highest BCUT2D eigenvalue weighted by molar-refractivity contribution is 14.1. The molecule has 1 fully saturated rings. The minimum atomic E-state index is -1.16. The van der Waals surface area contributed by atoms with Crippen molar-refractivity contribution in [3.63, 3.8) is 0 Å². The van der Waals surface area contributed by atoms with Crippen LogP contribution in [0, 0.1) is 9.49 Å². The number of benzene rings is 1. The van der Waals surface area contributed by atoms with E-state index in [1.165, 1.54) is 13.2 Å². The van der Waals surface area contributed by atoms with E-state index in [4.69, 9.17) is 19.3 Å². The minimum absolute atomic E-state index is 0.0678. The first kappa shape index (κ1) is 29.3. The van der Waals surface area contributed by atoms with Gasteiger partial charge in [0.15, 0.2) is 11.5 Å². The summed E-state index contributed by atoms with van der Waals surface area (Å²) in [6.07, 6.45) is 1.76. The molecule has 10 nitrogen and oxygen atoms in total. The first-order chi connectivity index (χ1) is 17.7. The molecular formula is C26H35IN2O8. The third kappa shape index (κ3) is 7.21. The smallest absolute Gasteiger partial charge is 0.247 e. The summed E-state index contributed by atoms with van der Waals surface area (Å²) in [5.41, 5.74) is 0.738. The standard InChI is InChI=1S/C26H35IN2O8/c1-15(2)26(34)29(13-18-5-4-8-36-18)20-11-17(25(33)28-6-7-30)12-21(23(20)32)37-24-19(27)9-16(14-31)10-22(24)35-3/h9-10,12,14-15,18,20-21,23,30,32H,4-8,11,13H2,1-3H3,(H,28,33)/t18-,20-,21+,23+/m1/s1. The van der Waals surface area contributed by atoms with Crippen LogP contribution in [0.25, 0.3) is 0 Å². The summed E-state index contributed by atoms with van der Waals surface area (Å²) < 4.78 is 18.0. The van der Waals surface area contributed by atoms with Crippen molar-refractivity contribution < 1.29 is 38.8 Å². The number of methoxy groups -OCH3 is 1. The number of nitrogens with zero attached hydrogens (tertiary/aromatic N) is 1. The predicted octanol–water partition coefficient (Wildman–Crippen LogP) is 1.69. The zero-order valence-corrected chi connectivity index (χ0v) is 23.5. The van der Waals surface area contributed by atoms with Gasteiger partial charge in [-0.25, -0.2) is 0 Å². The lowest BCUT2D eigenvalue weighted by Gasteiger charge is -2.42. The maximum atomic E-state index is 13.3. The molecule has 2 aliphatic rings. The van der Waals surface area contributed by atoms with Crippen molar-refractivity contribution in [3.8, 4) is 11.5 Å².